The van der Waals surface area contributed by atoms with Crippen LogP contribution >= 0.6 is 0 Å². The zero-order valence-corrected chi connectivity index (χ0v) is 10.5. The van der Waals surface area contributed by atoms with Crippen molar-refractivity contribution in [1.82, 2.24) is 0 Å². The molecule has 0 unspecified atom stereocenters. The van der Waals surface area contributed by atoms with Crippen molar-refractivity contribution < 1.29 is 18.3 Å². The fourth-order valence-corrected chi connectivity index (χ4v) is 1.85. The van der Waals surface area contributed by atoms with Crippen LogP contribution in [0.5, 0.6) is 5.75 Å². The van der Waals surface area contributed by atoms with Gasteiger partial charge in [-0.2, -0.15) is 0 Å². The van der Waals surface area contributed by atoms with Gasteiger partial charge in [-0.1, -0.05) is 0 Å². The number of hydrogen-bond acceptors (Lipinski definition) is 2. The van der Waals surface area contributed by atoms with E-state index in [0.29, 0.717) is 11.3 Å². The van der Waals surface area contributed by atoms with Crippen LogP contribution in [0.15, 0.2) is 36.4 Å². The van der Waals surface area contributed by atoms with E-state index in [9.17, 15) is 13.6 Å². The molecular weight excluding hydrogens is 250 g/mol. The Bertz CT molecular complexity index is 636. The third-order valence-electron chi connectivity index (χ3n) is 2.83. The van der Waals surface area contributed by atoms with Crippen LogP contribution in [0.3, 0.4) is 0 Å². The number of aryl methyl sites for hydroxylation is 1. The number of halogens is 2. The smallest absolute Gasteiger partial charge is 0.196 e. The Morgan fingerprint density at radius 3 is 2.47 bits per heavy atom. The van der Waals surface area contributed by atoms with E-state index in [1.165, 1.54) is 13.2 Å². The quantitative estimate of drug-likeness (QED) is 0.791. The van der Waals surface area contributed by atoms with Gasteiger partial charge in [0.05, 0.1) is 12.7 Å². The van der Waals surface area contributed by atoms with E-state index in [2.05, 4.69) is 0 Å². The van der Waals surface area contributed by atoms with Gasteiger partial charge in [0.15, 0.2) is 5.78 Å². The maximum absolute atomic E-state index is 13.5. The van der Waals surface area contributed by atoms with Crippen LogP contribution in [0.2, 0.25) is 0 Å². The lowest BCUT2D eigenvalue weighted by molar-refractivity contribution is 0.103. The zero-order chi connectivity index (χ0) is 14.0. The standard InChI is InChI=1S/C15H12F2O2/c1-9-7-10(3-6-14(9)19-2)15(18)12-8-11(16)4-5-13(12)17/h3-8H,1-2H3. The molecule has 0 N–H and O–H groups in total. The van der Waals surface area contributed by atoms with Gasteiger partial charge in [-0.15, -0.1) is 0 Å². The lowest BCUT2D eigenvalue weighted by Crippen LogP contribution is -2.05. The van der Waals surface area contributed by atoms with Gasteiger partial charge in [0.2, 0.25) is 0 Å². The summed E-state index contributed by atoms with van der Waals surface area (Å²) in [4.78, 5) is 12.1. The average Bonchev–Trinajstić information content (AvgIpc) is 2.40. The Kier molecular flexibility index (Phi) is 3.60. The van der Waals surface area contributed by atoms with Gasteiger partial charge in [-0.05, 0) is 48.9 Å². The predicted octanol–water partition coefficient (Wildman–Crippen LogP) is 3.51. The fourth-order valence-electron chi connectivity index (χ4n) is 1.85. The van der Waals surface area contributed by atoms with Crippen molar-refractivity contribution in [3.63, 3.8) is 0 Å². The van der Waals surface area contributed by atoms with Crippen molar-refractivity contribution in [3.05, 3.63) is 64.7 Å². The van der Waals surface area contributed by atoms with Crippen LogP contribution in [0, 0.1) is 18.6 Å². The summed E-state index contributed by atoms with van der Waals surface area (Å²) < 4.78 is 31.7. The topological polar surface area (TPSA) is 26.3 Å². The molecule has 0 aliphatic rings. The molecule has 0 spiro atoms. The van der Waals surface area contributed by atoms with Crippen molar-refractivity contribution in [2.45, 2.75) is 6.92 Å². The van der Waals surface area contributed by atoms with Gasteiger partial charge >= 0.3 is 0 Å². The van der Waals surface area contributed by atoms with Crippen LogP contribution < -0.4 is 4.74 Å². The molecule has 0 heterocycles. The second-order valence-electron chi connectivity index (χ2n) is 4.14. The minimum Gasteiger partial charge on any atom is -0.496 e. The van der Waals surface area contributed by atoms with E-state index in [-0.39, 0.29) is 5.56 Å². The Hall–Kier alpha value is -2.23. The molecule has 0 saturated carbocycles. The van der Waals surface area contributed by atoms with Crippen LogP contribution in [-0.4, -0.2) is 12.9 Å². The number of ether oxygens (including phenoxy) is 1. The number of benzene rings is 2. The first kappa shape index (κ1) is 13.2. The predicted molar refractivity (Wildman–Crippen MR) is 67.5 cm³/mol. The SMILES string of the molecule is COc1ccc(C(=O)c2cc(F)ccc2F)cc1C. The van der Waals surface area contributed by atoms with Gasteiger partial charge in [0.25, 0.3) is 0 Å². The third-order valence-corrected chi connectivity index (χ3v) is 2.83. The molecule has 4 heteroatoms. The summed E-state index contributed by atoms with van der Waals surface area (Å²) in [7, 11) is 1.52. The second kappa shape index (κ2) is 5.18. The normalized spacial score (nSPS) is 10.3. The molecule has 0 radical (unpaired) electrons. The van der Waals surface area contributed by atoms with E-state index < -0.39 is 17.4 Å². The number of rotatable bonds is 3. The van der Waals surface area contributed by atoms with Crippen molar-refractivity contribution in [2.24, 2.45) is 0 Å². The van der Waals surface area contributed by atoms with Crippen LogP contribution in [0.25, 0.3) is 0 Å². The molecule has 2 nitrogen and oxygen atoms in total. The Morgan fingerprint density at radius 1 is 1.11 bits per heavy atom. The molecular formula is C15H12F2O2. The first-order valence-corrected chi connectivity index (χ1v) is 5.67. The molecule has 0 atom stereocenters. The summed E-state index contributed by atoms with van der Waals surface area (Å²) in [6, 6.07) is 7.56. The van der Waals surface area contributed by atoms with E-state index in [0.717, 1.165) is 23.8 Å². The lowest BCUT2D eigenvalue weighted by atomic mass is 10.0. The molecule has 0 aliphatic carbocycles. The number of hydrogen-bond donors (Lipinski definition) is 0. The Balaban J connectivity index is 2.44. The average molecular weight is 262 g/mol. The maximum atomic E-state index is 13.5. The first-order valence-electron chi connectivity index (χ1n) is 5.67. The van der Waals surface area contributed by atoms with Crippen molar-refractivity contribution in [3.8, 4) is 5.75 Å². The molecule has 98 valence electrons. The maximum Gasteiger partial charge on any atom is 0.196 e. The molecule has 2 rings (SSSR count). The van der Waals surface area contributed by atoms with Gasteiger partial charge in [-0.3, -0.25) is 4.79 Å². The third kappa shape index (κ3) is 2.62. The van der Waals surface area contributed by atoms with E-state index in [1.54, 1.807) is 19.1 Å². The molecule has 0 amide bonds. The summed E-state index contributed by atoms with van der Waals surface area (Å²) in [5, 5.41) is 0. The van der Waals surface area contributed by atoms with Gasteiger partial charge in [-0.25, -0.2) is 8.78 Å². The highest BCUT2D eigenvalue weighted by Gasteiger charge is 2.15. The highest BCUT2D eigenvalue weighted by atomic mass is 19.1. The summed E-state index contributed by atoms with van der Waals surface area (Å²) in [5.41, 5.74) is 0.775. The largest absolute Gasteiger partial charge is 0.496 e. The summed E-state index contributed by atoms with van der Waals surface area (Å²) in [5.74, 6) is -1.30. The number of ketones is 1. The first-order chi connectivity index (χ1) is 9.02. The molecule has 2 aromatic carbocycles. The van der Waals surface area contributed by atoms with Gasteiger partial charge in [0, 0.05) is 5.56 Å². The minimum atomic E-state index is -0.736. The van der Waals surface area contributed by atoms with E-state index >= 15 is 0 Å². The lowest BCUT2D eigenvalue weighted by Gasteiger charge is -2.07. The molecule has 0 saturated heterocycles. The molecule has 0 aliphatic heterocycles. The highest BCUT2D eigenvalue weighted by Crippen LogP contribution is 2.21. The van der Waals surface area contributed by atoms with Crippen molar-refractivity contribution >= 4 is 5.78 Å². The highest BCUT2D eigenvalue weighted by molar-refractivity contribution is 6.09. The number of carbonyl (C=O) groups is 1. The van der Waals surface area contributed by atoms with Crippen molar-refractivity contribution in [1.29, 1.82) is 0 Å². The van der Waals surface area contributed by atoms with Gasteiger partial charge < -0.3 is 4.74 Å². The van der Waals surface area contributed by atoms with E-state index in [4.69, 9.17) is 4.74 Å². The Morgan fingerprint density at radius 2 is 1.84 bits per heavy atom. The summed E-state index contributed by atoms with van der Waals surface area (Å²) >= 11 is 0. The summed E-state index contributed by atoms with van der Waals surface area (Å²) in [6.45, 7) is 1.78. The van der Waals surface area contributed by atoms with Crippen LogP contribution in [-0.2, 0) is 0 Å². The molecule has 2 aromatic rings. The number of carbonyl (C=O) groups excluding carboxylic acids is 1. The van der Waals surface area contributed by atoms with Crippen LogP contribution in [0.4, 0.5) is 8.78 Å². The minimum absolute atomic E-state index is 0.274. The molecule has 0 bridgehead atoms. The molecule has 19 heavy (non-hydrogen) atoms. The zero-order valence-electron chi connectivity index (χ0n) is 10.5. The van der Waals surface area contributed by atoms with Crippen LogP contribution in [0.1, 0.15) is 21.5 Å². The van der Waals surface area contributed by atoms with Gasteiger partial charge in [0.1, 0.15) is 17.4 Å². The monoisotopic (exact) mass is 262 g/mol. The number of methoxy groups -OCH3 is 1. The second-order valence-corrected chi connectivity index (χ2v) is 4.14. The van der Waals surface area contributed by atoms with E-state index in [1.807, 2.05) is 0 Å². The van der Waals surface area contributed by atoms with Crippen molar-refractivity contribution in [2.75, 3.05) is 7.11 Å². The molecule has 0 aromatic heterocycles. The fraction of sp³-hybridized carbons (Fsp3) is 0.133. The Labute approximate surface area is 109 Å². The molecule has 0 fully saturated rings. The summed E-state index contributed by atoms with van der Waals surface area (Å²) in [6.07, 6.45) is 0.